The molecule has 174 valence electrons. The van der Waals surface area contributed by atoms with Gasteiger partial charge >= 0.3 is 0 Å². The fourth-order valence-corrected chi connectivity index (χ4v) is 4.78. The molecule has 0 spiro atoms. The van der Waals surface area contributed by atoms with Gasteiger partial charge < -0.3 is 10.2 Å². The van der Waals surface area contributed by atoms with Crippen LogP contribution in [0.25, 0.3) is 5.69 Å². The first-order valence-electron chi connectivity index (χ1n) is 11.4. The van der Waals surface area contributed by atoms with Crippen molar-refractivity contribution in [3.63, 3.8) is 0 Å². The minimum absolute atomic E-state index is 0.0971. The summed E-state index contributed by atoms with van der Waals surface area (Å²) < 4.78 is 1.58. The largest absolute Gasteiger partial charge is 0.508 e. The van der Waals surface area contributed by atoms with Gasteiger partial charge in [0, 0.05) is 43.0 Å². The van der Waals surface area contributed by atoms with Crippen molar-refractivity contribution in [2.75, 3.05) is 13.1 Å². The molecule has 0 unspecified atom stereocenters. The van der Waals surface area contributed by atoms with E-state index in [0.29, 0.717) is 18.7 Å². The molecule has 1 aliphatic rings. The van der Waals surface area contributed by atoms with E-state index in [4.69, 9.17) is 0 Å². The lowest BCUT2D eigenvalue weighted by atomic mass is 10.1. The van der Waals surface area contributed by atoms with E-state index >= 15 is 0 Å². The highest BCUT2D eigenvalue weighted by Crippen LogP contribution is 2.35. The molecule has 1 aliphatic heterocycles. The summed E-state index contributed by atoms with van der Waals surface area (Å²) >= 11 is 0. The third kappa shape index (κ3) is 4.11. The Morgan fingerprint density at radius 2 is 1.29 bits per heavy atom. The molecule has 7 heteroatoms. The van der Waals surface area contributed by atoms with Crippen LogP contribution in [0.15, 0.2) is 83.7 Å². The molecular formula is C27H28N4O3. The molecule has 1 fully saturated rings. The topological polar surface area (TPSA) is 84.7 Å². The second-order valence-electron chi connectivity index (χ2n) is 8.70. The maximum Gasteiger partial charge on any atom is 0.277 e. The maximum atomic E-state index is 13.7. The number of para-hydroxylation sites is 3. The normalized spacial score (nSPS) is 15.2. The Kier molecular flexibility index (Phi) is 5.96. The highest BCUT2D eigenvalue weighted by atomic mass is 16.3. The van der Waals surface area contributed by atoms with E-state index in [1.165, 1.54) is 0 Å². The van der Waals surface area contributed by atoms with Crippen molar-refractivity contribution >= 4 is 0 Å². The highest BCUT2D eigenvalue weighted by molar-refractivity contribution is 5.36. The highest BCUT2D eigenvalue weighted by Gasteiger charge is 2.37. The molecular weight excluding hydrogens is 428 g/mol. The number of aromatic hydroxyl groups is 2. The summed E-state index contributed by atoms with van der Waals surface area (Å²) in [5.74, 6) is 0.487. The number of rotatable bonds is 6. The summed E-state index contributed by atoms with van der Waals surface area (Å²) in [5, 5.41) is 24.0. The zero-order valence-corrected chi connectivity index (χ0v) is 19.1. The standard InChI is InChI=1S/C27H28N4O3/c1-19-25(27(34)31(28-19)22-11-3-2-4-12-22)26-29(17-20-9-5-7-13-23(20)32)15-16-30(26)18-21-10-6-8-14-24(21)33/h2-14,26,28,32-33H,15-18H2,1H3. The number of nitrogens with one attached hydrogen (secondary N) is 1. The van der Waals surface area contributed by atoms with Crippen LogP contribution in [0, 0.1) is 6.92 Å². The first-order chi connectivity index (χ1) is 16.5. The van der Waals surface area contributed by atoms with Gasteiger partial charge in [-0.25, -0.2) is 4.68 Å². The first-order valence-corrected chi connectivity index (χ1v) is 11.4. The van der Waals surface area contributed by atoms with Gasteiger partial charge in [0.1, 0.15) is 11.5 Å². The number of H-pyrrole nitrogens is 1. The van der Waals surface area contributed by atoms with E-state index in [9.17, 15) is 15.0 Å². The molecule has 5 rings (SSSR count). The summed E-state index contributed by atoms with van der Waals surface area (Å²) in [6.45, 7) is 4.38. The lowest BCUT2D eigenvalue weighted by Gasteiger charge is -2.30. The molecule has 0 radical (unpaired) electrons. The van der Waals surface area contributed by atoms with Crippen LogP contribution in [0.4, 0.5) is 0 Å². The number of phenols is 2. The molecule has 3 N–H and O–H groups in total. The summed E-state index contributed by atoms with van der Waals surface area (Å²) in [5.41, 5.74) is 3.78. The van der Waals surface area contributed by atoms with Crippen molar-refractivity contribution in [1.29, 1.82) is 0 Å². The molecule has 0 amide bonds. The predicted molar refractivity (Wildman–Crippen MR) is 131 cm³/mol. The van der Waals surface area contributed by atoms with Crippen molar-refractivity contribution in [3.05, 3.63) is 112 Å². The second kappa shape index (κ2) is 9.21. The van der Waals surface area contributed by atoms with Gasteiger partial charge in [0.05, 0.1) is 17.4 Å². The van der Waals surface area contributed by atoms with Crippen molar-refractivity contribution in [2.45, 2.75) is 26.2 Å². The van der Waals surface area contributed by atoms with Gasteiger partial charge in [-0.1, -0.05) is 54.6 Å². The van der Waals surface area contributed by atoms with Crippen molar-refractivity contribution < 1.29 is 10.2 Å². The smallest absolute Gasteiger partial charge is 0.277 e. The van der Waals surface area contributed by atoms with Gasteiger partial charge in [-0.05, 0) is 31.2 Å². The van der Waals surface area contributed by atoms with E-state index in [1.54, 1.807) is 28.9 Å². The van der Waals surface area contributed by atoms with Gasteiger partial charge in [-0.15, -0.1) is 0 Å². The summed E-state index contributed by atoms with van der Waals surface area (Å²) in [7, 11) is 0. The van der Waals surface area contributed by atoms with E-state index in [0.717, 1.165) is 35.6 Å². The zero-order valence-electron chi connectivity index (χ0n) is 19.1. The second-order valence-corrected chi connectivity index (χ2v) is 8.70. The number of phenolic OH excluding ortho intramolecular Hbond substituents is 2. The van der Waals surface area contributed by atoms with Gasteiger partial charge in [0.2, 0.25) is 0 Å². The molecule has 4 aromatic rings. The summed E-state index contributed by atoms with van der Waals surface area (Å²) in [6, 6.07) is 24.1. The number of aromatic nitrogens is 2. The Labute approximate surface area is 198 Å². The minimum atomic E-state index is -0.312. The van der Waals surface area contributed by atoms with Crippen molar-refractivity contribution in [2.24, 2.45) is 0 Å². The average Bonchev–Trinajstić information content (AvgIpc) is 3.36. The predicted octanol–water partition coefficient (Wildman–Crippen LogP) is 3.90. The number of hydrogen-bond acceptors (Lipinski definition) is 5. The average molecular weight is 457 g/mol. The third-order valence-electron chi connectivity index (χ3n) is 6.49. The van der Waals surface area contributed by atoms with E-state index in [2.05, 4.69) is 14.9 Å². The lowest BCUT2D eigenvalue weighted by Crippen LogP contribution is -2.35. The minimum Gasteiger partial charge on any atom is -0.508 e. The van der Waals surface area contributed by atoms with E-state index in [-0.39, 0.29) is 23.2 Å². The number of aryl methyl sites for hydroxylation is 1. The van der Waals surface area contributed by atoms with Crippen LogP contribution in [0.1, 0.15) is 28.6 Å². The summed E-state index contributed by atoms with van der Waals surface area (Å²) in [4.78, 5) is 18.1. The number of hydrogen-bond donors (Lipinski definition) is 3. The number of nitrogens with zero attached hydrogens (tertiary/aromatic N) is 3. The molecule has 7 nitrogen and oxygen atoms in total. The molecule has 1 saturated heterocycles. The molecule has 1 aromatic heterocycles. The van der Waals surface area contributed by atoms with Crippen molar-refractivity contribution in [3.8, 4) is 17.2 Å². The van der Waals surface area contributed by atoms with Crippen LogP contribution >= 0.6 is 0 Å². The summed E-state index contributed by atoms with van der Waals surface area (Å²) in [6.07, 6.45) is -0.312. The fraction of sp³-hybridized carbons (Fsp3) is 0.222. The van der Waals surface area contributed by atoms with Gasteiger partial charge in [-0.3, -0.25) is 19.7 Å². The molecule has 0 atom stereocenters. The monoisotopic (exact) mass is 456 g/mol. The van der Waals surface area contributed by atoms with Gasteiger partial charge in [0.15, 0.2) is 0 Å². The Morgan fingerprint density at radius 3 is 1.82 bits per heavy atom. The van der Waals surface area contributed by atoms with Gasteiger partial charge in [-0.2, -0.15) is 0 Å². The fourth-order valence-electron chi connectivity index (χ4n) is 4.78. The van der Waals surface area contributed by atoms with Crippen LogP contribution in [0.5, 0.6) is 11.5 Å². The molecule has 34 heavy (non-hydrogen) atoms. The maximum absolute atomic E-state index is 13.7. The molecule has 0 saturated carbocycles. The quantitative estimate of drug-likeness (QED) is 0.410. The Morgan fingerprint density at radius 1 is 0.794 bits per heavy atom. The molecule has 0 aliphatic carbocycles. The molecule has 0 bridgehead atoms. The molecule has 3 aromatic carbocycles. The van der Waals surface area contributed by atoms with E-state index < -0.39 is 0 Å². The van der Waals surface area contributed by atoms with Crippen LogP contribution < -0.4 is 5.56 Å². The SMILES string of the molecule is Cc1[nH]n(-c2ccccc2)c(=O)c1C1N(Cc2ccccc2O)CCN1Cc1ccccc1O. The molecule has 2 heterocycles. The Hall–Kier alpha value is -3.81. The third-order valence-corrected chi connectivity index (χ3v) is 6.49. The Balaban J connectivity index is 1.56. The first kappa shape index (κ1) is 22.0. The van der Waals surface area contributed by atoms with Crippen LogP contribution in [-0.4, -0.2) is 42.9 Å². The number of aromatic amines is 1. The van der Waals surface area contributed by atoms with Gasteiger partial charge in [0.25, 0.3) is 5.56 Å². The van der Waals surface area contributed by atoms with Crippen molar-refractivity contribution in [1.82, 2.24) is 19.6 Å². The van der Waals surface area contributed by atoms with Crippen LogP contribution in [0.2, 0.25) is 0 Å². The zero-order chi connectivity index (χ0) is 23.7. The van der Waals surface area contributed by atoms with Crippen LogP contribution in [0.3, 0.4) is 0 Å². The lowest BCUT2D eigenvalue weighted by molar-refractivity contribution is 0.122. The Bertz CT molecular complexity index is 1290. The van der Waals surface area contributed by atoms with Crippen LogP contribution in [-0.2, 0) is 13.1 Å². The van der Waals surface area contributed by atoms with E-state index in [1.807, 2.05) is 61.5 Å². The number of benzene rings is 3.